The zero-order valence-corrected chi connectivity index (χ0v) is 12.5. The highest BCUT2D eigenvalue weighted by molar-refractivity contribution is 9.10. The highest BCUT2D eigenvalue weighted by atomic mass is 79.9. The average molecular weight is 343 g/mol. The molecule has 2 rings (SSSR count). The maximum atomic E-state index is 12.0. The number of hydrogen-bond donors (Lipinski definition) is 0. The third-order valence-corrected chi connectivity index (χ3v) is 3.84. The van der Waals surface area contributed by atoms with Crippen molar-refractivity contribution in [2.75, 3.05) is 19.7 Å². The van der Waals surface area contributed by atoms with E-state index in [1.165, 1.54) is 12.1 Å². The predicted molar refractivity (Wildman–Crippen MR) is 76.7 cm³/mol. The van der Waals surface area contributed by atoms with E-state index in [-0.39, 0.29) is 18.2 Å². The van der Waals surface area contributed by atoms with E-state index >= 15 is 0 Å². The first-order valence-electron chi connectivity index (χ1n) is 6.42. The molecule has 1 aromatic carbocycles. The first kappa shape index (κ1) is 14.8. The minimum Gasteiger partial charge on any atom is -0.482 e. The van der Waals surface area contributed by atoms with Gasteiger partial charge in [-0.25, -0.2) is 0 Å². The van der Waals surface area contributed by atoms with E-state index in [1.54, 1.807) is 11.0 Å². The van der Waals surface area contributed by atoms with Crippen LogP contribution in [-0.4, -0.2) is 35.4 Å². The summed E-state index contributed by atoms with van der Waals surface area (Å²) in [5.41, 5.74) is -0.0615. The normalized spacial score (nSPS) is 14.9. The molecule has 6 nitrogen and oxygen atoms in total. The summed E-state index contributed by atoms with van der Waals surface area (Å²) in [4.78, 5) is 23.9. The first-order chi connectivity index (χ1) is 9.58. The van der Waals surface area contributed by atoms with Crippen molar-refractivity contribution < 1.29 is 14.5 Å². The van der Waals surface area contributed by atoms with Gasteiger partial charge in [-0.15, -0.1) is 0 Å². The molecule has 1 aliphatic rings. The van der Waals surface area contributed by atoms with Gasteiger partial charge in [0.1, 0.15) is 5.75 Å². The van der Waals surface area contributed by atoms with Crippen molar-refractivity contribution in [1.82, 2.24) is 4.90 Å². The molecular formula is C13H15BrN2O4. The number of non-ortho nitro benzene ring substituents is 1. The Morgan fingerprint density at radius 3 is 2.70 bits per heavy atom. The Hall–Kier alpha value is -1.63. The van der Waals surface area contributed by atoms with Crippen LogP contribution in [0.1, 0.15) is 19.3 Å². The molecule has 0 aromatic heterocycles. The number of ether oxygens (including phenoxy) is 1. The zero-order chi connectivity index (χ0) is 14.5. The Kier molecular flexibility index (Phi) is 4.94. The molecule has 0 saturated carbocycles. The van der Waals surface area contributed by atoms with Crippen molar-refractivity contribution in [1.29, 1.82) is 0 Å². The molecule has 7 heteroatoms. The van der Waals surface area contributed by atoms with Crippen molar-refractivity contribution in [2.45, 2.75) is 19.3 Å². The Balaban J connectivity index is 1.97. The van der Waals surface area contributed by atoms with Gasteiger partial charge in [-0.3, -0.25) is 14.9 Å². The molecule has 0 aliphatic carbocycles. The van der Waals surface area contributed by atoms with Crippen LogP contribution >= 0.6 is 15.9 Å². The van der Waals surface area contributed by atoms with Crippen LogP contribution in [0.3, 0.4) is 0 Å². The molecule has 1 saturated heterocycles. The number of likely N-dealkylation sites (tertiary alicyclic amines) is 1. The molecule has 0 radical (unpaired) electrons. The molecule has 1 heterocycles. The third kappa shape index (κ3) is 3.69. The molecule has 1 aliphatic heterocycles. The molecule has 0 unspecified atom stereocenters. The summed E-state index contributed by atoms with van der Waals surface area (Å²) in [5, 5.41) is 10.7. The molecule has 0 N–H and O–H groups in total. The smallest absolute Gasteiger partial charge is 0.273 e. The molecule has 1 aromatic rings. The van der Waals surface area contributed by atoms with Gasteiger partial charge in [0.05, 0.1) is 15.5 Å². The summed E-state index contributed by atoms with van der Waals surface area (Å²) in [6, 6.07) is 4.23. The van der Waals surface area contributed by atoms with E-state index in [1.807, 2.05) is 0 Å². The second-order valence-electron chi connectivity index (χ2n) is 4.60. The fourth-order valence-electron chi connectivity index (χ4n) is 2.09. The lowest BCUT2D eigenvalue weighted by Crippen LogP contribution is -2.38. The van der Waals surface area contributed by atoms with Crippen LogP contribution in [-0.2, 0) is 4.79 Å². The number of carbonyl (C=O) groups is 1. The molecule has 108 valence electrons. The van der Waals surface area contributed by atoms with E-state index < -0.39 is 4.92 Å². The highest BCUT2D eigenvalue weighted by Crippen LogP contribution is 2.29. The van der Waals surface area contributed by atoms with E-state index in [0.29, 0.717) is 10.2 Å². The summed E-state index contributed by atoms with van der Waals surface area (Å²) in [6.07, 6.45) is 3.19. The summed E-state index contributed by atoms with van der Waals surface area (Å²) < 4.78 is 5.99. The van der Waals surface area contributed by atoms with E-state index in [0.717, 1.165) is 32.4 Å². The number of halogens is 1. The van der Waals surface area contributed by atoms with Gasteiger partial charge in [0.15, 0.2) is 6.61 Å². The first-order valence-corrected chi connectivity index (χ1v) is 7.22. The fourth-order valence-corrected chi connectivity index (χ4v) is 2.45. The lowest BCUT2D eigenvalue weighted by atomic mass is 10.1. The summed E-state index contributed by atoms with van der Waals surface area (Å²) >= 11 is 3.25. The van der Waals surface area contributed by atoms with E-state index in [9.17, 15) is 14.9 Å². The number of piperidine rings is 1. The van der Waals surface area contributed by atoms with Crippen molar-refractivity contribution >= 4 is 27.5 Å². The molecule has 1 amide bonds. The van der Waals surface area contributed by atoms with Crippen LogP contribution in [0, 0.1) is 10.1 Å². The van der Waals surface area contributed by atoms with Crippen molar-refractivity contribution in [3.63, 3.8) is 0 Å². The summed E-state index contributed by atoms with van der Waals surface area (Å²) in [7, 11) is 0. The standard InChI is InChI=1S/C13H15BrN2O4/c14-11-5-4-10(16(18)19)8-12(11)20-9-13(17)15-6-2-1-3-7-15/h4-5,8H,1-3,6-7,9H2. The largest absolute Gasteiger partial charge is 0.482 e. The van der Waals surface area contributed by atoms with Crippen molar-refractivity contribution in [2.24, 2.45) is 0 Å². The van der Waals surface area contributed by atoms with E-state index in [4.69, 9.17) is 4.74 Å². The van der Waals surface area contributed by atoms with Crippen LogP contribution in [0.25, 0.3) is 0 Å². The maximum absolute atomic E-state index is 12.0. The summed E-state index contributed by atoms with van der Waals surface area (Å²) in [6.45, 7) is 1.43. The van der Waals surface area contributed by atoms with Gasteiger partial charge in [0.2, 0.25) is 0 Å². The quantitative estimate of drug-likeness (QED) is 0.622. The van der Waals surface area contributed by atoms with Crippen LogP contribution in [0.4, 0.5) is 5.69 Å². The predicted octanol–water partition coefficient (Wildman–Crippen LogP) is 2.75. The SMILES string of the molecule is O=C(COc1cc([N+](=O)[O-])ccc1Br)N1CCCCC1. The second-order valence-corrected chi connectivity index (χ2v) is 5.46. The number of nitrogens with zero attached hydrogens (tertiary/aromatic N) is 2. The van der Waals surface area contributed by atoms with E-state index in [2.05, 4.69) is 15.9 Å². The van der Waals surface area contributed by atoms with Crippen LogP contribution in [0.5, 0.6) is 5.75 Å². The average Bonchev–Trinajstić information content (AvgIpc) is 2.46. The number of amides is 1. The number of carbonyl (C=O) groups excluding carboxylic acids is 1. The van der Waals surface area contributed by atoms with Gasteiger partial charge in [0, 0.05) is 19.2 Å². The minimum absolute atomic E-state index is 0.0615. The minimum atomic E-state index is -0.494. The number of nitro groups is 1. The molecule has 0 spiro atoms. The van der Waals surface area contributed by atoms with Crippen molar-refractivity contribution in [3.8, 4) is 5.75 Å². The number of rotatable bonds is 4. The lowest BCUT2D eigenvalue weighted by molar-refractivity contribution is -0.385. The van der Waals surface area contributed by atoms with Gasteiger partial charge >= 0.3 is 0 Å². The molecule has 0 bridgehead atoms. The Morgan fingerprint density at radius 2 is 2.05 bits per heavy atom. The third-order valence-electron chi connectivity index (χ3n) is 3.19. The van der Waals surface area contributed by atoms with Gasteiger partial charge in [-0.2, -0.15) is 0 Å². The Labute approximate surface area is 125 Å². The number of nitro benzene ring substituents is 1. The van der Waals surface area contributed by atoms with Gasteiger partial charge < -0.3 is 9.64 Å². The Morgan fingerprint density at radius 1 is 1.35 bits per heavy atom. The van der Waals surface area contributed by atoms with Gasteiger partial charge in [-0.1, -0.05) is 0 Å². The van der Waals surface area contributed by atoms with Crippen LogP contribution in [0.15, 0.2) is 22.7 Å². The van der Waals surface area contributed by atoms with Crippen LogP contribution < -0.4 is 4.74 Å². The summed E-state index contributed by atoms with van der Waals surface area (Å²) in [5.74, 6) is 0.229. The van der Waals surface area contributed by atoms with Gasteiger partial charge in [-0.05, 0) is 41.3 Å². The molecular weight excluding hydrogens is 328 g/mol. The second kappa shape index (κ2) is 6.69. The van der Waals surface area contributed by atoms with Crippen LogP contribution in [0.2, 0.25) is 0 Å². The lowest BCUT2D eigenvalue weighted by Gasteiger charge is -2.26. The molecule has 0 atom stereocenters. The van der Waals surface area contributed by atoms with Crippen molar-refractivity contribution in [3.05, 3.63) is 32.8 Å². The number of benzene rings is 1. The number of hydrogen-bond acceptors (Lipinski definition) is 4. The maximum Gasteiger partial charge on any atom is 0.273 e. The molecule has 20 heavy (non-hydrogen) atoms. The monoisotopic (exact) mass is 342 g/mol. The fraction of sp³-hybridized carbons (Fsp3) is 0.462. The topological polar surface area (TPSA) is 72.7 Å². The Bertz CT molecular complexity index is 515. The van der Waals surface area contributed by atoms with Gasteiger partial charge in [0.25, 0.3) is 11.6 Å². The zero-order valence-electron chi connectivity index (χ0n) is 10.9. The highest BCUT2D eigenvalue weighted by Gasteiger charge is 2.18. The molecule has 1 fully saturated rings.